The molecular formula is C10H13N3O. The Labute approximate surface area is 81.8 Å². The fraction of sp³-hybridized carbons (Fsp3) is 0.400. The first-order chi connectivity index (χ1) is 6.61. The van der Waals surface area contributed by atoms with E-state index in [0.29, 0.717) is 5.52 Å². The van der Waals surface area contributed by atoms with Gasteiger partial charge in [0.15, 0.2) is 5.52 Å². The lowest BCUT2D eigenvalue weighted by Gasteiger charge is -2.08. The van der Waals surface area contributed by atoms with E-state index in [1.807, 2.05) is 37.7 Å². The Morgan fingerprint density at radius 3 is 2.79 bits per heavy atom. The number of pyridine rings is 1. The van der Waals surface area contributed by atoms with Gasteiger partial charge in [-0.3, -0.25) is 4.79 Å². The van der Waals surface area contributed by atoms with Crippen LogP contribution in [-0.2, 0) is 7.05 Å². The predicted molar refractivity (Wildman–Crippen MR) is 55.4 cm³/mol. The van der Waals surface area contributed by atoms with Gasteiger partial charge in [-0.25, -0.2) is 4.98 Å². The fourth-order valence-corrected chi connectivity index (χ4v) is 1.55. The van der Waals surface area contributed by atoms with E-state index >= 15 is 0 Å². The van der Waals surface area contributed by atoms with Crippen molar-refractivity contribution in [3.63, 3.8) is 0 Å². The largest absolute Gasteiger partial charge is 0.334 e. The number of imidazole rings is 1. The number of fused-ring (bicyclic) bond motifs is 1. The molecule has 2 heterocycles. The lowest BCUT2D eigenvalue weighted by Crippen LogP contribution is -2.21. The van der Waals surface area contributed by atoms with Gasteiger partial charge in [0.1, 0.15) is 0 Å². The second-order valence-corrected chi connectivity index (χ2v) is 3.71. The maximum atomic E-state index is 11.9. The summed E-state index contributed by atoms with van der Waals surface area (Å²) in [6.45, 7) is 3.96. The van der Waals surface area contributed by atoms with Crippen molar-refractivity contribution in [2.45, 2.75) is 19.9 Å². The molecule has 2 aromatic heterocycles. The van der Waals surface area contributed by atoms with Crippen molar-refractivity contribution in [2.24, 2.45) is 7.05 Å². The van der Waals surface area contributed by atoms with Gasteiger partial charge in [0.05, 0.1) is 11.8 Å². The first-order valence-electron chi connectivity index (χ1n) is 4.63. The molecule has 74 valence electrons. The zero-order valence-corrected chi connectivity index (χ0v) is 8.56. The third kappa shape index (κ3) is 1.14. The number of aromatic nitrogens is 3. The molecule has 0 bridgehead atoms. The molecular weight excluding hydrogens is 178 g/mol. The molecule has 0 radical (unpaired) electrons. The molecule has 0 spiro atoms. The number of aryl methyl sites for hydroxylation is 1. The van der Waals surface area contributed by atoms with Crippen LogP contribution in [0, 0.1) is 0 Å². The standard InChI is InChI=1S/C10H13N3O/c1-7(2)13-5-4-8-9(10(13)14)11-6-12(8)3/h4-7H,1-3H3. The summed E-state index contributed by atoms with van der Waals surface area (Å²) in [5.74, 6) is 0. The second kappa shape index (κ2) is 2.97. The fourth-order valence-electron chi connectivity index (χ4n) is 1.55. The van der Waals surface area contributed by atoms with Crippen LogP contribution >= 0.6 is 0 Å². The summed E-state index contributed by atoms with van der Waals surface area (Å²) in [4.78, 5) is 16.0. The van der Waals surface area contributed by atoms with Crippen LogP contribution in [0.4, 0.5) is 0 Å². The highest BCUT2D eigenvalue weighted by atomic mass is 16.1. The van der Waals surface area contributed by atoms with E-state index in [4.69, 9.17) is 0 Å². The van der Waals surface area contributed by atoms with E-state index in [-0.39, 0.29) is 11.6 Å². The van der Waals surface area contributed by atoms with Crippen LogP contribution in [0.25, 0.3) is 11.0 Å². The van der Waals surface area contributed by atoms with Crippen molar-refractivity contribution < 1.29 is 0 Å². The monoisotopic (exact) mass is 191 g/mol. The molecule has 0 aliphatic carbocycles. The molecule has 0 saturated heterocycles. The highest BCUT2D eigenvalue weighted by Crippen LogP contribution is 2.08. The number of hydrogen-bond acceptors (Lipinski definition) is 2. The zero-order chi connectivity index (χ0) is 10.3. The van der Waals surface area contributed by atoms with E-state index in [2.05, 4.69) is 4.98 Å². The van der Waals surface area contributed by atoms with E-state index in [1.54, 1.807) is 10.9 Å². The highest BCUT2D eigenvalue weighted by molar-refractivity contribution is 5.73. The summed E-state index contributed by atoms with van der Waals surface area (Å²) in [6, 6.07) is 2.10. The van der Waals surface area contributed by atoms with Gasteiger partial charge < -0.3 is 9.13 Å². The average Bonchev–Trinajstić information content (AvgIpc) is 2.49. The van der Waals surface area contributed by atoms with Gasteiger partial charge in [-0.1, -0.05) is 0 Å². The Morgan fingerprint density at radius 2 is 2.14 bits per heavy atom. The van der Waals surface area contributed by atoms with Crippen molar-refractivity contribution in [1.82, 2.24) is 14.1 Å². The van der Waals surface area contributed by atoms with Gasteiger partial charge in [-0.15, -0.1) is 0 Å². The quantitative estimate of drug-likeness (QED) is 0.682. The lowest BCUT2D eigenvalue weighted by atomic mass is 10.3. The van der Waals surface area contributed by atoms with Crippen LogP contribution < -0.4 is 5.56 Å². The van der Waals surface area contributed by atoms with Crippen molar-refractivity contribution in [3.05, 3.63) is 28.9 Å². The Morgan fingerprint density at radius 1 is 1.43 bits per heavy atom. The van der Waals surface area contributed by atoms with Crippen molar-refractivity contribution in [2.75, 3.05) is 0 Å². The van der Waals surface area contributed by atoms with Gasteiger partial charge in [-0.05, 0) is 19.9 Å². The minimum atomic E-state index is -0.0156. The SMILES string of the molecule is CC(C)n1ccc2c(ncn2C)c1=O. The summed E-state index contributed by atoms with van der Waals surface area (Å²) in [5.41, 5.74) is 1.41. The Kier molecular flexibility index (Phi) is 1.91. The first kappa shape index (κ1) is 8.99. The molecule has 0 aliphatic heterocycles. The van der Waals surface area contributed by atoms with Crippen LogP contribution in [0.5, 0.6) is 0 Å². The maximum absolute atomic E-state index is 11.9. The topological polar surface area (TPSA) is 39.8 Å². The number of hydrogen-bond donors (Lipinski definition) is 0. The molecule has 0 unspecified atom stereocenters. The summed E-state index contributed by atoms with van der Waals surface area (Å²) in [6.07, 6.45) is 3.48. The normalized spacial score (nSPS) is 11.4. The van der Waals surface area contributed by atoms with Gasteiger partial charge in [-0.2, -0.15) is 0 Å². The van der Waals surface area contributed by atoms with Crippen LogP contribution in [-0.4, -0.2) is 14.1 Å². The Bertz CT molecular complexity index is 522. The summed E-state index contributed by atoms with van der Waals surface area (Å²) >= 11 is 0. The molecule has 14 heavy (non-hydrogen) atoms. The number of nitrogens with zero attached hydrogens (tertiary/aromatic N) is 3. The molecule has 2 aromatic rings. The van der Waals surface area contributed by atoms with Gasteiger partial charge in [0, 0.05) is 19.3 Å². The molecule has 0 N–H and O–H groups in total. The minimum Gasteiger partial charge on any atom is -0.334 e. The minimum absolute atomic E-state index is 0.0156. The van der Waals surface area contributed by atoms with Crippen molar-refractivity contribution >= 4 is 11.0 Å². The van der Waals surface area contributed by atoms with Crippen LogP contribution in [0.3, 0.4) is 0 Å². The smallest absolute Gasteiger partial charge is 0.278 e. The zero-order valence-electron chi connectivity index (χ0n) is 8.56. The van der Waals surface area contributed by atoms with E-state index in [0.717, 1.165) is 5.52 Å². The molecule has 0 amide bonds. The van der Waals surface area contributed by atoms with Gasteiger partial charge in [0.25, 0.3) is 5.56 Å². The molecule has 4 nitrogen and oxygen atoms in total. The van der Waals surface area contributed by atoms with Gasteiger partial charge >= 0.3 is 0 Å². The Balaban J connectivity index is 2.83. The second-order valence-electron chi connectivity index (χ2n) is 3.71. The van der Waals surface area contributed by atoms with E-state index in [9.17, 15) is 4.79 Å². The van der Waals surface area contributed by atoms with E-state index < -0.39 is 0 Å². The summed E-state index contributed by atoms with van der Waals surface area (Å²) < 4.78 is 3.54. The van der Waals surface area contributed by atoms with E-state index in [1.165, 1.54) is 0 Å². The average molecular weight is 191 g/mol. The predicted octanol–water partition coefficient (Wildman–Crippen LogP) is 1.32. The molecule has 0 atom stereocenters. The third-order valence-corrected chi connectivity index (χ3v) is 2.37. The van der Waals surface area contributed by atoms with Gasteiger partial charge in [0.2, 0.25) is 0 Å². The van der Waals surface area contributed by atoms with Crippen LogP contribution in [0.15, 0.2) is 23.4 Å². The molecule has 4 heteroatoms. The molecule has 0 aromatic carbocycles. The van der Waals surface area contributed by atoms with Crippen LogP contribution in [0.1, 0.15) is 19.9 Å². The third-order valence-electron chi connectivity index (χ3n) is 2.37. The summed E-state index contributed by atoms with van der Waals surface area (Å²) in [5, 5.41) is 0. The Hall–Kier alpha value is -1.58. The van der Waals surface area contributed by atoms with Crippen LogP contribution in [0.2, 0.25) is 0 Å². The molecule has 2 rings (SSSR count). The lowest BCUT2D eigenvalue weighted by molar-refractivity contribution is 0.582. The van der Waals surface area contributed by atoms with Crippen molar-refractivity contribution in [1.29, 1.82) is 0 Å². The molecule has 0 fully saturated rings. The molecule has 0 saturated carbocycles. The van der Waals surface area contributed by atoms with Crippen molar-refractivity contribution in [3.8, 4) is 0 Å². The summed E-state index contributed by atoms with van der Waals surface area (Å²) in [7, 11) is 1.88. The molecule has 0 aliphatic rings. The number of rotatable bonds is 1. The highest BCUT2D eigenvalue weighted by Gasteiger charge is 2.08. The first-order valence-corrected chi connectivity index (χ1v) is 4.63. The maximum Gasteiger partial charge on any atom is 0.278 e.